The number of benzene rings is 1. The Hall–Kier alpha value is -1.94. The fourth-order valence-corrected chi connectivity index (χ4v) is 2.59. The summed E-state index contributed by atoms with van der Waals surface area (Å²) in [6.07, 6.45) is 2.21. The molecule has 112 valence electrons. The van der Waals surface area contributed by atoms with E-state index in [2.05, 4.69) is 16.7 Å². The van der Waals surface area contributed by atoms with Gasteiger partial charge < -0.3 is 15.2 Å². The molecule has 0 saturated carbocycles. The predicted molar refractivity (Wildman–Crippen MR) is 88.6 cm³/mol. The molecule has 1 amide bonds. The Morgan fingerprint density at radius 3 is 2.81 bits per heavy atom. The number of anilines is 2. The Balaban J connectivity index is 0.00000161. The van der Waals surface area contributed by atoms with Crippen LogP contribution in [0.5, 0.6) is 0 Å². The van der Waals surface area contributed by atoms with Crippen LogP contribution in [-0.2, 0) is 13.5 Å². The van der Waals surface area contributed by atoms with Crippen LogP contribution < -0.4 is 10.6 Å². The van der Waals surface area contributed by atoms with Gasteiger partial charge in [-0.3, -0.25) is 4.79 Å². The van der Waals surface area contributed by atoms with Crippen LogP contribution in [0.3, 0.4) is 0 Å². The molecule has 1 aromatic carbocycles. The number of aromatic nitrogens is 1. The lowest BCUT2D eigenvalue weighted by Crippen LogP contribution is -2.17. The van der Waals surface area contributed by atoms with E-state index >= 15 is 0 Å². The summed E-state index contributed by atoms with van der Waals surface area (Å²) in [5.74, 6) is -0.0654. The van der Waals surface area contributed by atoms with E-state index in [4.69, 9.17) is 0 Å². The number of amides is 1. The van der Waals surface area contributed by atoms with Gasteiger partial charge in [-0.1, -0.05) is 0 Å². The Labute approximate surface area is 131 Å². The molecule has 0 saturated heterocycles. The molecule has 5 heteroatoms. The minimum atomic E-state index is -0.0654. The van der Waals surface area contributed by atoms with Gasteiger partial charge in [-0.15, -0.1) is 12.4 Å². The normalized spacial score (nSPS) is 12.9. The van der Waals surface area contributed by atoms with E-state index in [1.807, 2.05) is 42.8 Å². The van der Waals surface area contributed by atoms with Crippen LogP contribution in [0.15, 0.2) is 30.3 Å². The maximum atomic E-state index is 12.3. The fraction of sp³-hybridized carbons (Fsp3) is 0.312. The minimum Gasteiger partial charge on any atom is -0.385 e. The molecule has 1 aliphatic heterocycles. The van der Waals surface area contributed by atoms with Crippen LogP contribution in [-0.4, -0.2) is 17.0 Å². The van der Waals surface area contributed by atoms with Crippen molar-refractivity contribution in [2.45, 2.75) is 19.8 Å². The van der Waals surface area contributed by atoms with Crippen molar-refractivity contribution in [3.05, 3.63) is 47.3 Å². The van der Waals surface area contributed by atoms with Crippen molar-refractivity contribution in [3.8, 4) is 0 Å². The zero-order chi connectivity index (χ0) is 14.1. The number of hydrogen-bond acceptors (Lipinski definition) is 2. The Bertz CT molecular complexity index is 664. The lowest BCUT2D eigenvalue weighted by atomic mass is 10.0. The van der Waals surface area contributed by atoms with Gasteiger partial charge in [0.1, 0.15) is 5.69 Å². The first kappa shape index (κ1) is 15.4. The molecule has 1 aromatic heterocycles. The van der Waals surface area contributed by atoms with E-state index in [1.165, 1.54) is 11.3 Å². The van der Waals surface area contributed by atoms with Crippen molar-refractivity contribution in [2.75, 3.05) is 17.2 Å². The molecule has 0 aliphatic carbocycles. The summed E-state index contributed by atoms with van der Waals surface area (Å²) in [5, 5.41) is 6.35. The third-order valence-corrected chi connectivity index (χ3v) is 3.91. The molecule has 21 heavy (non-hydrogen) atoms. The van der Waals surface area contributed by atoms with Crippen LogP contribution >= 0.6 is 12.4 Å². The number of carbonyl (C=O) groups excluding carboxylic acids is 1. The molecule has 3 rings (SSSR count). The number of halogens is 1. The van der Waals surface area contributed by atoms with Gasteiger partial charge >= 0.3 is 0 Å². The van der Waals surface area contributed by atoms with Crippen molar-refractivity contribution in [2.24, 2.45) is 7.05 Å². The van der Waals surface area contributed by atoms with E-state index in [0.29, 0.717) is 5.69 Å². The summed E-state index contributed by atoms with van der Waals surface area (Å²) < 4.78 is 1.90. The highest BCUT2D eigenvalue weighted by Gasteiger charge is 2.13. The number of nitrogens with zero attached hydrogens (tertiary/aromatic N) is 1. The predicted octanol–water partition coefficient (Wildman–Crippen LogP) is 3.37. The van der Waals surface area contributed by atoms with Crippen molar-refractivity contribution in [1.82, 2.24) is 4.57 Å². The number of rotatable bonds is 2. The Morgan fingerprint density at radius 1 is 1.29 bits per heavy atom. The van der Waals surface area contributed by atoms with Crippen molar-refractivity contribution >= 4 is 29.7 Å². The van der Waals surface area contributed by atoms with Crippen LogP contribution in [0.4, 0.5) is 11.4 Å². The van der Waals surface area contributed by atoms with Crippen LogP contribution in [0.2, 0.25) is 0 Å². The first-order valence-corrected chi connectivity index (χ1v) is 6.95. The van der Waals surface area contributed by atoms with Gasteiger partial charge in [0.2, 0.25) is 0 Å². The molecule has 4 nitrogen and oxygen atoms in total. The van der Waals surface area contributed by atoms with Crippen molar-refractivity contribution in [3.63, 3.8) is 0 Å². The molecule has 2 N–H and O–H groups in total. The van der Waals surface area contributed by atoms with Gasteiger partial charge in [0, 0.05) is 30.7 Å². The molecule has 0 bridgehead atoms. The highest BCUT2D eigenvalue weighted by molar-refractivity contribution is 6.03. The molecule has 0 spiro atoms. The molecule has 2 heterocycles. The number of carbonyl (C=O) groups is 1. The maximum Gasteiger partial charge on any atom is 0.272 e. The second-order valence-corrected chi connectivity index (χ2v) is 5.28. The van der Waals surface area contributed by atoms with Gasteiger partial charge in [-0.25, -0.2) is 0 Å². The largest absolute Gasteiger partial charge is 0.385 e. The Kier molecular flexibility index (Phi) is 4.58. The average molecular weight is 306 g/mol. The average Bonchev–Trinajstić information content (AvgIpc) is 2.79. The molecular weight excluding hydrogens is 286 g/mol. The van der Waals surface area contributed by atoms with Gasteiger partial charge in [-0.2, -0.15) is 0 Å². The van der Waals surface area contributed by atoms with E-state index in [-0.39, 0.29) is 18.3 Å². The van der Waals surface area contributed by atoms with Gasteiger partial charge in [0.25, 0.3) is 5.91 Å². The molecular formula is C16H20ClN3O. The molecule has 0 fully saturated rings. The van der Waals surface area contributed by atoms with Crippen molar-refractivity contribution < 1.29 is 4.79 Å². The van der Waals surface area contributed by atoms with E-state index < -0.39 is 0 Å². The first-order valence-electron chi connectivity index (χ1n) is 6.95. The standard InChI is InChI=1S/C16H19N3O.ClH/c1-11-5-8-15(19(11)2)16(20)18-13-6-7-14-12(10-13)4-3-9-17-14;/h5-8,10,17H,3-4,9H2,1-2H3,(H,18,20);1H. The SMILES string of the molecule is Cc1ccc(C(=O)Nc2ccc3c(c2)CCCN3)n1C.Cl. The van der Waals surface area contributed by atoms with Crippen LogP contribution in [0.25, 0.3) is 0 Å². The second-order valence-electron chi connectivity index (χ2n) is 5.28. The highest BCUT2D eigenvalue weighted by atomic mass is 35.5. The number of nitrogens with one attached hydrogen (secondary N) is 2. The van der Waals surface area contributed by atoms with E-state index in [9.17, 15) is 4.79 Å². The third-order valence-electron chi connectivity index (χ3n) is 3.91. The van der Waals surface area contributed by atoms with Gasteiger partial charge in [0.05, 0.1) is 0 Å². The third kappa shape index (κ3) is 3.05. The van der Waals surface area contributed by atoms with Crippen molar-refractivity contribution in [1.29, 1.82) is 0 Å². The quantitative estimate of drug-likeness (QED) is 0.893. The maximum absolute atomic E-state index is 12.3. The van der Waals surface area contributed by atoms with Gasteiger partial charge in [-0.05, 0) is 55.7 Å². The lowest BCUT2D eigenvalue weighted by molar-refractivity contribution is 0.101. The Morgan fingerprint density at radius 2 is 2.10 bits per heavy atom. The molecule has 0 atom stereocenters. The van der Waals surface area contributed by atoms with Gasteiger partial charge in [0.15, 0.2) is 0 Å². The molecule has 0 radical (unpaired) electrons. The smallest absolute Gasteiger partial charge is 0.272 e. The summed E-state index contributed by atoms with van der Waals surface area (Å²) in [6, 6.07) is 9.86. The number of aryl methyl sites for hydroxylation is 2. The highest BCUT2D eigenvalue weighted by Crippen LogP contribution is 2.25. The lowest BCUT2D eigenvalue weighted by Gasteiger charge is -2.18. The molecule has 2 aromatic rings. The summed E-state index contributed by atoms with van der Waals surface area (Å²) in [5.41, 5.74) is 5.07. The van der Waals surface area contributed by atoms with Crippen LogP contribution in [0.1, 0.15) is 28.2 Å². The zero-order valence-electron chi connectivity index (χ0n) is 12.3. The summed E-state index contributed by atoms with van der Waals surface area (Å²) in [4.78, 5) is 12.3. The summed E-state index contributed by atoms with van der Waals surface area (Å²) in [7, 11) is 1.90. The van der Waals surface area contributed by atoms with E-state index in [0.717, 1.165) is 30.8 Å². The van der Waals surface area contributed by atoms with Crippen LogP contribution in [0, 0.1) is 6.92 Å². The monoisotopic (exact) mass is 305 g/mol. The fourth-order valence-electron chi connectivity index (χ4n) is 2.59. The molecule has 0 unspecified atom stereocenters. The first-order chi connectivity index (χ1) is 9.65. The molecule has 1 aliphatic rings. The topological polar surface area (TPSA) is 46.1 Å². The number of fused-ring (bicyclic) bond motifs is 1. The second kappa shape index (κ2) is 6.22. The summed E-state index contributed by atoms with van der Waals surface area (Å²) in [6.45, 7) is 3.02. The van der Waals surface area contributed by atoms with E-state index in [1.54, 1.807) is 0 Å². The summed E-state index contributed by atoms with van der Waals surface area (Å²) >= 11 is 0. The number of hydrogen-bond donors (Lipinski definition) is 2. The zero-order valence-corrected chi connectivity index (χ0v) is 13.1. The minimum absolute atomic E-state index is 0.